The molecular formula is C10H10ClFO. The lowest BCUT2D eigenvalue weighted by Crippen LogP contribution is -1.91. The van der Waals surface area contributed by atoms with Crippen molar-refractivity contribution in [1.82, 2.24) is 0 Å². The van der Waals surface area contributed by atoms with Gasteiger partial charge in [-0.2, -0.15) is 0 Å². The van der Waals surface area contributed by atoms with Crippen molar-refractivity contribution >= 4 is 17.9 Å². The highest BCUT2D eigenvalue weighted by Gasteiger charge is 2.06. The number of hydrogen-bond acceptors (Lipinski definition) is 1. The molecule has 0 aliphatic carbocycles. The summed E-state index contributed by atoms with van der Waals surface area (Å²) in [5, 5.41) is -0.203. The molecule has 0 bridgehead atoms. The lowest BCUT2D eigenvalue weighted by molar-refractivity contribution is -0.107. The molecule has 1 rings (SSSR count). The average molecular weight is 201 g/mol. The standard InChI is InChI=1S/C10H10ClFO/c11-10(2-1-7-13)8-3-5-9(12)6-4-8/h3-7,10H,1-2H2/t10-/m0/s1. The van der Waals surface area contributed by atoms with Gasteiger partial charge in [-0.25, -0.2) is 4.39 Å². The van der Waals surface area contributed by atoms with Gasteiger partial charge in [0.25, 0.3) is 0 Å². The van der Waals surface area contributed by atoms with E-state index in [0.717, 1.165) is 11.8 Å². The van der Waals surface area contributed by atoms with E-state index in [-0.39, 0.29) is 11.2 Å². The van der Waals surface area contributed by atoms with Crippen LogP contribution < -0.4 is 0 Å². The Bertz CT molecular complexity index is 271. The molecule has 0 saturated carbocycles. The van der Waals surface area contributed by atoms with Crippen LogP contribution in [0.2, 0.25) is 0 Å². The van der Waals surface area contributed by atoms with E-state index in [4.69, 9.17) is 11.6 Å². The van der Waals surface area contributed by atoms with Gasteiger partial charge in [-0.15, -0.1) is 11.6 Å². The first-order valence-electron chi connectivity index (χ1n) is 4.07. The highest BCUT2D eigenvalue weighted by Crippen LogP contribution is 2.24. The molecule has 0 N–H and O–H groups in total. The summed E-state index contributed by atoms with van der Waals surface area (Å²) in [6.07, 6.45) is 1.86. The van der Waals surface area contributed by atoms with Crippen LogP contribution in [-0.2, 0) is 4.79 Å². The molecule has 1 nitrogen and oxygen atoms in total. The van der Waals surface area contributed by atoms with E-state index in [9.17, 15) is 9.18 Å². The smallest absolute Gasteiger partial charge is 0.123 e. The number of carbonyl (C=O) groups excluding carboxylic acids is 1. The second-order valence-electron chi connectivity index (χ2n) is 2.76. The van der Waals surface area contributed by atoms with E-state index >= 15 is 0 Å². The summed E-state index contributed by atoms with van der Waals surface area (Å²) >= 11 is 5.96. The quantitative estimate of drug-likeness (QED) is 0.539. The number of alkyl halides is 1. The minimum Gasteiger partial charge on any atom is -0.303 e. The number of benzene rings is 1. The van der Waals surface area contributed by atoms with Crippen LogP contribution in [0.1, 0.15) is 23.8 Å². The molecule has 1 aromatic carbocycles. The molecule has 13 heavy (non-hydrogen) atoms. The Balaban J connectivity index is 2.60. The predicted molar refractivity (Wildman–Crippen MR) is 50.3 cm³/mol. The van der Waals surface area contributed by atoms with Gasteiger partial charge in [-0.05, 0) is 24.1 Å². The van der Waals surface area contributed by atoms with Crippen molar-refractivity contribution in [1.29, 1.82) is 0 Å². The molecule has 0 aliphatic rings. The van der Waals surface area contributed by atoms with Crippen molar-refractivity contribution in [2.75, 3.05) is 0 Å². The third-order valence-corrected chi connectivity index (χ3v) is 2.24. The molecule has 0 aliphatic heterocycles. The Kier molecular flexibility index (Phi) is 3.90. The van der Waals surface area contributed by atoms with Gasteiger partial charge in [0.15, 0.2) is 0 Å². The van der Waals surface area contributed by atoms with Crippen LogP contribution >= 0.6 is 11.6 Å². The highest BCUT2D eigenvalue weighted by molar-refractivity contribution is 6.20. The fraction of sp³-hybridized carbons (Fsp3) is 0.300. The summed E-state index contributed by atoms with van der Waals surface area (Å²) in [6.45, 7) is 0. The van der Waals surface area contributed by atoms with Crippen LogP contribution in [0, 0.1) is 5.82 Å². The lowest BCUT2D eigenvalue weighted by atomic mass is 10.1. The van der Waals surface area contributed by atoms with Crippen molar-refractivity contribution in [2.45, 2.75) is 18.2 Å². The summed E-state index contributed by atoms with van der Waals surface area (Å²) in [4.78, 5) is 10.1. The first kappa shape index (κ1) is 10.2. The van der Waals surface area contributed by atoms with Gasteiger partial charge in [-0.1, -0.05) is 12.1 Å². The van der Waals surface area contributed by atoms with Gasteiger partial charge >= 0.3 is 0 Å². The predicted octanol–water partition coefficient (Wildman–Crippen LogP) is 3.08. The zero-order valence-electron chi connectivity index (χ0n) is 7.04. The van der Waals surface area contributed by atoms with Crippen LogP contribution in [0.15, 0.2) is 24.3 Å². The summed E-state index contributed by atoms with van der Waals surface area (Å²) in [5.41, 5.74) is 0.852. The van der Waals surface area contributed by atoms with Gasteiger partial charge in [0.1, 0.15) is 12.1 Å². The molecule has 70 valence electrons. The van der Waals surface area contributed by atoms with E-state index in [1.54, 1.807) is 12.1 Å². The highest BCUT2D eigenvalue weighted by atomic mass is 35.5. The first-order chi connectivity index (χ1) is 6.24. The number of halogens is 2. The van der Waals surface area contributed by atoms with Crippen LogP contribution in [0.5, 0.6) is 0 Å². The SMILES string of the molecule is O=CCC[C@H](Cl)c1ccc(F)cc1. The van der Waals surface area contributed by atoms with E-state index in [0.29, 0.717) is 12.8 Å². The Morgan fingerprint density at radius 3 is 2.54 bits per heavy atom. The fourth-order valence-electron chi connectivity index (χ4n) is 1.05. The second-order valence-corrected chi connectivity index (χ2v) is 3.29. The number of carbonyl (C=O) groups is 1. The number of rotatable bonds is 4. The topological polar surface area (TPSA) is 17.1 Å². The maximum absolute atomic E-state index is 12.5. The van der Waals surface area contributed by atoms with Crippen LogP contribution in [-0.4, -0.2) is 6.29 Å². The first-order valence-corrected chi connectivity index (χ1v) is 4.51. The number of aldehydes is 1. The average Bonchev–Trinajstić information content (AvgIpc) is 2.15. The third-order valence-electron chi connectivity index (χ3n) is 1.77. The fourth-order valence-corrected chi connectivity index (χ4v) is 1.32. The van der Waals surface area contributed by atoms with E-state index in [2.05, 4.69) is 0 Å². The largest absolute Gasteiger partial charge is 0.303 e. The van der Waals surface area contributed by atoms with Crippen molar-refractivity contribution in [2.24, 2.45) is 0 Å². The maximum Gasteiger partial charge on any atom is 0.123 e. The van der Waals surface area contributed by atoms with Gasteiger partial charge in [0, 0.05) is 6.42 Å². The normalized spacial score (nSPS) is 12.5. The minimum absolute atomic E-state index is 0.203. The summed E-state index contributed by atoms with van der Waals surface area (Å²) in [5.74, 6) is -0.275. The molecule has 1 atom stereocenters. The van der Waals surface area contributed by atoms with Crippen molar-refractivity contribution in [3.63, 3.8) is 0 Å². The second kappa shape index (κ2) is 4.97. The summed E-state index contributed by atoms with van der Waals surface area (Å²) < 4.78 is 12.5. The Labute approximate surface area is 81.5 Å². The van der Waals surface area contributed by atoms with Crippen LogP contribution in [0.3, 0.4) is 0 Å². The molecule has 3 heteroatoms. The van der Waals surface area contributed by atoms with Crippen molar-refractivity contribution in [3.8, 4) is 0 Å². The molecule has 0 spiro atoms. The Morgan fingerprint density at radius 1 is 1.38 bits per heavy atom. The zero-order valence-corrected chi connectivity index (χ0v) is 7.80. The van der Waals surface area contributed by atoms with E-state index < -0.39 is 0 Å². The molecule has 1 aromatic rings. The van der Waals surface area contributed by atoms with Gasteiger partial charge in [0.05, 0.1) is 5.38 Å². The molecule has 0 unspecified atom stereocenters. The summed E-state index contributed by atoms with van der Waals surface area (Å²) in [6, 6.07) is 6.01. The van der Waals surface area contributed by atoms with E-state index in [1.165, 1.54) is 12.1 Å². The zero-order chi connectivity index (χ0) is 9.68. The Hall–Kier alpha value is -0.890. The lowest BCUT2D eigenvalue weighted by Gasteiger charge is -2.06. The van der Waals surface area contributed by atoms with E-state index in [1.807, 2.05) is 0 Å². The molecule has 0 amide bonds. The molecule has 0 fully saturated rings. The monoisotopic (exact) mass is 200 g/mol. The van der Waals surface area contributed by atoms with Crippen molar-refractivity contribution < 1.29 is 9.18 Å². The molecular weight excluding hydrogens is 191 g/mol. The van der Waals surface area contributed by atoms with Gasteiger partial charge in [-0.3, -0.25) is 0 Å². The van der Waals surface area contributed by atoms with Crippen LogP contribution in [0.4, 0.5) is 4.39 Å². The van der Waals surface area contributed by atoms with Crippen LogP contribution in [0.25, 0.3) is 0 Å². The summed E-state index contributed by atoms with van der Waals surface area (Å²) in [7, 11) is 0. The van der Waals surface area contributed by atoms with Gasteiger partial charge in [0.2, 0.25) is 0 Å². The molecule has 0 radical (unpaired) electrons. The molecule has 0 heterocycles. The van der Waals surface area contributed by atoms with Crippen molar-refractivity contribution in [3.05, 3.63) is 35.6 Å². The van der Waals surface area contributed by atoms with Gasteiger partial charge < -0.3 is 4.79 Å². The third kappa shape index (κ3) is 3.15. The molecule has 0 saturated heterocycles. The minimum atomic E-state index is -0.275. The number of hydrogen-bond donors (Lipinski definition) is 0. The Morgan fingerprint density at radius 2 is 2.00 bits per heavy atom. The molecule has 0 aromatic heterocycles. The maximum atomic E-state index is 12.5.